The zero-order valence-corrected chi connectivity index (χ0v) is 10.8. The molecule has 1 saturated heterocycles. The highest BCUT2D eigenvalue weighted by Gasteiger charge is 2.17. The largest absolute Gasteiger partial charge is 0.316 e. The number of likely N-dealkylation sites (tertiary alicyclic amines) is 1. The van der Waals surface area contributed by atoms with Gasteiger partial charge < -0.3 is 10.2 Å². The summed E-state index contributed by atoms with van der Waals surface area (Å²) in [5.74, 6) is 1.72. The molecule has 1 rings (SSSR count). The molecule has 1 unspecified atom stereocenters. The van der Waals surface area contributed by atoms with Crippen LogP contribution in [-0.2, 0) is 0 Å². The van der Waals surface area contributed by atoms with Crippen molar-refractivity contribution in [2.75, 3.05) is 32.7 Å². The summed E-state index contributed by atoms with van der Waals surface area (Å²) in [7, 11) is 0. The second-order valence-corrected chi connectivity index (χ2v) is 5.29. The fourth-order valence-electron chi connectivity index (χ4n) is 2.37. The van der Waals surface area contributed by atoms with Gasteiger partial charge in [0.15, 0.2) is 0 Å². The zero-order valence-electron chi connectivity index (χ0n) is 10.8. The molecule has 0 aliphatic carbocycles. The highest BCUT2D eigenvalue weighted by Crippen LogP contribution is 2.18. The molecule has 0 radical (unpaired) electrons. The standard InChI is InChI=1S/C13H28N2/c1-4-15-9-5-6-13(11-15)7-8-14-10-12(2)3/h12-14H,4-11H2,1-3H3. The first-order chi connectivity index (χ1) is 7.22. The third-order valence-corrected chi connectivity index (χ3v) is 3.33. The highest BCUT2D eigenvalue weighted by molar-refractivity contribution is 4.72. The Labute approximate surface area is 95.4 Å². The maximum absolute atomic E-state index is 3.55. The van der Waals surface area contributed by atoms with Crippen molar-refractivity contribution in [3.8, 4) is 0 Å². The third-order valence-electron chi connectivity index (χ3n) is 3.33. The summed E-state index contributed by atoms with van der Waals surface area (Å²) in [6.45, 7) is 13.1. The molecular weight excluding hydrogens is 184 g/mol. The molecule has 0 bridgehead atoms. The normalized spacial score (nSPS) is 23.6. The first-order valence-corrected chi connectivity index (χ1v) is 6.65. The lowest BCUT2D eigenvalue weighted by Crippen LogP contribution is -2.36. The van der Waals surface area contributed by atoms with Crippen molar-refractivity contribution in [3.63, 3.8) is 0 Å². The fourth-order valence-corrected chi connectivity index (χ4v) is 2.37. The molecule has 0 amide bonds. The summed E-state index contributed by atoms with van der Waals surface area (Å²) < 4.78 is 0. The summed E-state index contributed by atoms with van der Waals surface area (Å²) in [5.41, 5.74) is 0. The molecule has 1 heterocycles. The molecule has 0 spiro atoms. The van der Waals surface area contributed by atoms with Crippen LogP contribution in [0.3, 0.4) is 0 Å². The van der Waals surface area contributed by atoms with E-state index >= 15 is 0 Å². The van der Waals surface area contributed by atoms with Crippen molar-refractivity contribution in [2.45, 2.75) is 40.0 Å². The predicted molar refractivity (Wildman–Crippen MR) is 67.2 cm³/mol. The maximum Gasteiger partial charge on any atom is 0.00100 e. The Morgan fingerprint density at radius 2 is 2.20 bits per heavy atom. The van der Waals surface area contributed by atoms with E-state index in [2.05, 4.69) is 31.0 Å². The van der Waals surface area contributed by atoms with E-state index in [9.17, 15) is 0 Å². The van der Waals surface area contributed by atoms with E-state index in [1.165, 1.54) is 52.0 Å². The van der Waals surface area contributed by atoms with Gasteiger partial charge >= 0.3 is 0 Å². The summed E-state index contributed by atoms with van der Waals surface area (Å²) in [4.78, 5) is 2.59. The van der Waals surface area contributed by atoms with Crippen LogP contribution in [0.4, 0.5) is 0 Å². The maximum atomic E-state index is 3.55. The Kier molecular flexibility index (Phi) is 6.26. The van der Waals surface area contributed by atoms with Crippen molar-refractivity contribution >= 4 is 0 Å². The Balaban J connectivity index is 2.05. The average molecular weight is 212 g/mol. The van der Waals surface area contributed by atoms with Crippen LogP contribution < -0.4 is 5.32 Å². The van der Waals surface area contributed by atoms with E-state index in [1.54, 1.807) is 0 Å². The molecule has 1 aliphatic rings. The minimum Gasteiger partial charge on any atom is -0.316 e. The summed E-state index contributed by atoms with van der Waals surface area (Å²) >= 11 is 0. The van der Waals surface area contributed by atoms with E-state index in [0.717, 1.165) is 11.8 Å². The van der Waals surface area contributed by atoms with Gasteiger partial charge in [-0.25, -0.2) is 0 Å². The van der Waals surface area contributed by atoms with Crippen molar-refractivity contribution in [1.29, 1.82) is 0 Å². The van der Waals surface area contributed by atoms with Gasteiger partial charge in [-0.05, 0) is 57.3 Å². The van der Waals surface area contributed by atoms with Crippen molar-refractivity contribution in [3.05, 3.63) is 0 Å². The van der Waals surface area contributed by atoms with Crippen molar-refractivity contribution in [2.24, 2.45) is 11.8 Å². The van der Waals surface area contributed by atoms with E-state index in [0.29, 0.717) is 0 Å². The van der Waals surface area contributed by atoms with Crippen LogP contribution in [0.5, 0.6) is 0 Å². The molecule has 2 heteroatoms. The van der Waals surface area contributed by atoms with Crippen LogP contribution in [0.2, 0.25) is 0 Å². The molecule has 1 fully saturated rings. The van der Waals surface area contributed by atoms with E-state index in [-0.39, 0.29) is 0 Å². The lowest BCUT2D eigenvalue weighted by molar-refractivity contribution is 0.175. The molecule has 1 atom stereocenters. The number of hydrogen-bond acceptors (Lipinski definition) is 2. The number of nitrogens with one attached hydrogen (secondary N) is 1. The Morgan fingerprint density at radius 3 is 2.87 bits per heavy atom. The van der Waals surface area contributed by atoms with Gasteiger partial charge in [0.2, 0.25) is 0 Å². The highest BCUT2D eigenvalue weighted by atomic mass is 15.1. The van der Waals surface area contributed by atoms with Crippen molar-refractivity contribution < 1.29 is 0 Å². The molecule has 0 aromatic carbocycles. The molecule has 15 heavy (non-hydrogen) atoms. The van der Waals surface area contributed by atoms with Crippen molar-refractivity contribution in [1.82, 2.24) is 10.2 Å². The molecule has 90 valence electrons. The van der Waals surface area contributed by atoms with Gasteiger partial charge in [-0.2, -0.15) is 0 Å². The minimum atomic E-state index is 0.781. The number of hydrogen-bond donors (Lipinski definition) is 1. The van der Waals surface area contributed by atoms with Gasteiger partial charge in [-0.15, -0.1) is 0 Å². The minimum absolute atomic E-state index is 0.781. The lowest BCUT2D eigenvalue weighted by Gasteiger charge is -2.31. The van der Waals surface area contributed by atoms with Crippen LogP contribution in [0, 0.1) is 11.8 Å². The van der Waals surface area contributed by atoms with Gasteiger partial charge in [0.1, 0.15) is 0 Å². The second-order valence-electron chi connectivity index (χ2n) is 5.29. The van der Waals surface area contributed by atoms with Crippen LogP contribution in [0.15, 0.2) is 0 Å². The topological polar surface area (TPSA) is 15.3 Å². The first kappa shape index (κ1) is 13.0. The fraction of sp³-hybridized carbons (Fsp3) is 1.00. The monoisotopic (exact) mass is 212 g/mol. The number of rotatable bonds is 6. The average Bonchev–Trinajstić information content (AvgIpc) is 2.24. The van der Waals surface area contributed by atoms with E-state index in [4.69, 9.17) is 0 Å². The van der Waals surface area contributed by atoms with Gasteiger partial charge in [0.25, 0.3) is 0 Å². The number of nitrogens with zero attached hydrogens (tertiary/aromatic N) is 1. The van der Waals surface area contributed by atoms with Gasteiger partial charge in [-0.1, -0.05) is 20.8 Å². The molecule has 0 aromatic rings. The van der Waals surface area contributed by atoms with Crippen LogP contribution in [-0.4, -0.2) is 37.6 Å². The molecule has 1 aliphatic heterocycles. The van der Waals surface area contributed by atoms with Crippen LogP contribution >= 0.6 is 0 Å². The smallest absolute Gasteiger partial charge is 0.00100 e. The molecule has 1 N–H and O–H groups in total. The van der Waals surface area contributed by atoms with E-state index < -0.39 is 0 Å². The quantitative estimate of drug-likeness (QED) is 0.680. The van der Waals surface area contributed by atoms with Gasteiger partial charge in [0.05, 0.1) is 0 Å². The molecule has 0 aromatic heterocycles. The van der Waals surface area contributed by atoms with Gasteiger partial charge in [-0.3, -0.25) is 0 Å². The SMILES string of the molecule is CCN1CCCC(CCNCC(C)C)C1. The summed E-state index contributed by atoms with van der Waals surface area (Å²) in [5, 5.41) is 3.55. The van der Waals surface area contributed by atoms with Crippen LogP contribution in [0.25, 0.3) is 0 Å². The van der Waals surface area contributed by atoms with Crippen LogP contribution in [0.1, 0.15) is 40.0 Å². The predicted octanol–water partition coefficient (Wildman–Crippen LogP) is 2.35. The molecule has 0 saturated carbocycles. The lowest BCUT2D eigenvalue weighted by atomic mass is 9.95. The van der Waals surface area contributed by atoms with E-state index in [1.807, 2.05) is 0 Å². The third kappa shape index (κ3) is 5.53. The van der Waals surface area contributed by atoms with Gasteiger partial charge in [0, 0.05) is 6.54 Å². The number of piperidine rings is 1. The Bertz CT molecular complexity index is 157. The Hall–Kier alpha value is -0.0800. The second kappa shape index (κ2) is 7.24. The zero-order chi connectivity index (χ0) is 11.1. The summed E-state index contributed by atoms with van der Waals surface area (Å²) in [6.07, 6.45) is 4.21. The first-order valence-electron chi connectivity index (χ1n) is 6.65. The Morgan fingerprint density at radius 1 is 1.40 bits per heavy atom. The summed E-state index contributed by atoms with van der Waals surface area (Å²) in [6, 6.07) is 0. The molecule has 2 nitrogen and oxygen atoms in total. The molecular formula is C13H28N2.